The van der Waals surface area contributed by atoms with Gasteiger partial charge >= 0.3 is 0 Å². The zero-order chi connectivity index (χ0) is 11.5. The molecule has 1 saturated carbocycles. The largest absolute Gasteiger partial charge is 0.486 e. The van der Waals surface area contributed by atoms with E-state index in [9.17, 15) is 4.79 Å². The Bertz CT molecular complexity index is 461. The molecule has 0 saturated heterocycles. The third kappa shape index (κ3) is 2.53. The Kier molecular flexibility index (Phi) is 3.12. The number of nitriles is 1. The van der Waals surface area contributed by atoms with E-state index in [1.807, 2.05) is 6.07 Å². The molecule has 1 aromatic rings. The topological polar surface area (TPSA) is 50.1 Å². The molecule has 2 rings (SSSR count). The summed E-state index contributed by atoms with van der Waals surface area (Å²) in [6.07, 6.45) is 1.96. The van der Waals surface area contributed by atoms with Gasteiger partial charge in [-0.15, -0.1) is 0 Å². The third-order valence-corrected chi connectivity index (χ3v) is 2.79. The van der Waals surface area contributed by atoms with Crippen LogP contribution in [0.4, 0.5) is 0 Å². The van der Waals surface area contributed by atoms with Crippen molar-refractivity contribution in [3.63, 3.8) is 0 Å². The maximum absolute atomic E-state index is 11.4. The minimum atomic E-state index is 0.0902. The summed E-state index contributed by atoms with van der Waals surface area (Å²) in [5, 5.41) is 9.03. The molecular formula is C12H10ClNO2. The van der Waals surface area contributed by atoms with Gasteiger partial charge in [-0.1, -0.05) is 11.6 Å². The molecule has 1 aliphatic rings. The van der Waals surface area contributed by atoms with Crippen LogP contribution in [0.1, 0.15) is 18.4 Å². The Morgan fingerprint density at radius 2 is 2.31 bits per heavy atom. The SMILES string of the molecule is N#Cc1ccc(OCC(=O)C2CC2)cc1Cl. The fourth-order valence-electron chi connectivity index (χ4n) is 1.35. The summed E-state index contributed by atoms with van der Waals surface area (Å²) in [7, 11) is 0. The Morgan fingerprint density at radius 1 is 1.56 bits per heavy atom. The quantitative estimate of drug-likeness (QED) is 0.806. The Hall–Kier alpha value is -1.53. The van der Waals surface area contributed by atoms with Gasteiger partial charge in [0.05, 0.1) is 10.6 Å². The van der Waals surface area contributed by atoms with Crippen molar-refractivity contribution in [2.75, 3.05) is 6.61 Å². The van der Waals surface area contributed by atoms with Crippen molar-refractivity contribution >= 4 is 17.4 Å². The number of nitrogens with zero attached hydrogens (tertiary/aromatic N) is 1. The highest BCUT2D eigenvalue weighted by molar-refractivity contribution is 6.31. The van der Waals surface area contributed by atoms with Crippen LogP contribution < -0.4 is 4.74 Å². The molecule has 0 aromatic heterocycles. The maximum Gasteiger partial charge on any atom is 0.173 e. The van der Waals surface area contributed by atoms with Gasteiger partial charge in [-0.3, -0.25) is 4.79 Å². The molecule has 1 aromatic carbocycles. The molecule has 0 radical (unpaired) electrons. The number of ether oxygens (including phenoxy) is 1. The highest BCUT2D eigenvalue weighted by Crippen LogP contribution is 2.30. The van der Waals surface area contributed by atoms with Crippen LogP contribution in [0.25, 0.3) is 0 Å². The van der Waals surface area contributed by atoms with Gasteiger partial charge in [-0.25, -0.2) is 0 Å². The van der Waals surface area contributed by atoms with E-state index in [2.05, 4.69) is 0 Å². The zero-order valence-corrected chi connectivity index (χ0v) is 9.33. The standard InChI is InChI=1S/C12H10ClNO2/c13-11-5-10(4-3-9(11)6-14)16-7-12(15)8-1-2-8/h3-5,8H,1-2,7H2. The number of Topliss-reactive ketones (excluding diaryl/α,β-unsaturated/α-hetero) is 1. The molecule has 0 unspecified atom stereocenters. The van der Waals surface area contributed by atoms with E-state index >= 15 is 0 Å². The van der Waals surface area contributed by atoms with Crippen molar-refractivity contribution in [1.29, 1.82) is 5.26 Å². The van der Waals surface area contributed by atoms with Gasteiger partial charge in [0.2, 0.25) is 0 Å². The van der Waals surface area contributed by atoms with Crippen LogP contribution in [0, 0.1) is 17.2 Å². The van der Waals surface area contributed by atoms with Gasteiger partial charge in [-0.05, 0) is 25.0 Å². The number of halogens is 1. The smallest absolute Gasteiger partial charge is 0.173 e. The van der Waals surface area contributed by atoms with Crippen LogP contribution in [0.2, 0.25) is 5.02 Å². The molecule has 0 aliphatic heterocycles. The van der Waals surface area contributed by atoms with Gasteiger partial charge < -0.3 is 4.74 Å². The molecule has 1 aliphatic carbocycles. The highest BCUT2D eigenvalue weighted by atomic mass is 35.5. The lowest BCUT2D eigenvalue weighted by molar-refractivity contribution is -0.122. The molecule has 16 heavy (non-hydrogen) atoms. The summed E-state index contributed by atoms with van der Waals surface area (Å²) in [4.78, 5) is 11.4. The van der Waals surface area contributed by atoms with Crippen molar-refractivity contribution in [3.8, 4) is 11.8 Å². The van der Waals surface area contributed by atoms with Crippen LogP contribution in [-0.4, -0.2) is 12.4 Å². The predicted octanol–water partition coefficient (Wildman–Crippen LogP) is 2.57. The summed E-state index contributed by atoms with van der Waals surface area (Å²) in [5.74, 6) is 0.868. The lowest BCUT2D eigenvalue weighted by Crippen LogP contribution is -2.12. The number of hydrogen-bond donors (Lipinski definition) is 0. The first kappa shape index (κ1) is 11.0. The number of benzene rings is 1. The summed E-state index contributed by atoms with van der Waals surface area (Å²) >= 11 is 5.83. The fourth-order valence-corrected chi connectivity index (χ4v) is 1.57. The molecule has 82 valence electrons. The van der Waals surface area contributed by atoms with Crippen LogP contribution in [0.3, 0.4) is 0 Å². The molecule has 3 nitrogen and oxygen atoms in total. The second kappa shape index (κ2) is 4.54. The number of carbonyl (C=O) groups is 1. The van der Waals surface area contributed by atoms with E-state index in [4.69, 9.17) is 21.6 Å². The van der Waals surface area contributed by atoms with E-state index in [0.717, 1.165) is 12.8 Å². The second-order valence-electron chi connectivity index (χ2n) is 3.78. The zero-order valence-electron chi connectivity index (χ0n) is 8.57. The maximum atomic E-state index is 11.4. The van der Waals surface area contributed by atoms with Crippen molar-refractivity contribution in [2.24, 2.45) is 5.92 Å². The predicted molar refractivity (Wildman–Crippen MR) is 59.4 cm³/mol. The van der Waals surface area contributed by atoms with Crippen LogP contribution in [0.5, 0.6) is 5.75 Å². The minimum Gasteiger partial charge on any atom is -0.486 e. The Balaban J connectivity index is 1.97. The lowest BCUT2D eigenvalue weighted by atomic mass is 10.2. The van der Waals surface area contributed by atoms with Gasteiger partial charge in [-0.2, -0.15) is 5.26 Å². The molecule has 0 heterocycles. The molecule has 0 bridgehead atoms. The monoisotopic (exact) mass is 235 g/mol. The highest BCUT2D eigenvalue weighted by Gasteiger charge is 2.29. The normalized spacial score (nSPS) is 14.2. The van der Waals surface area contributed by atoms with Gasteiger partial charge in [0.15, 0.2) is 5.78 Å². The first-order chi connectivity index (χ1) is 7.70. The van der Waals surface area contributed by atoms with Crippen LogP contribution >= 0.6 is 11.6 Å². The third-order valence-electron chi connectivity index (χ3n) is 2.47. The summed E-state index contributed by atoms with van der Waals surface area (Å²) in [6, 6.07) is 6.74. The molecular weight excluding hydrogens is 226 g/mol. The molecule has 0 amide bonds. The van der Waals surface area contributed by atoms with Gasteiger partial charge in [0.25, 0.3) is 0 Å². The Morgan fingerprint density at radius 3 is 2.88 bits per heavy atom. The summed E-state index contributed by atoms with van der Waals surface area (Å²) in [5.41, 5.74) is 0.405. The first-order valence-corrected chi connectivity index (χ1v) is 5.43. The van der Waals surface area contributed by atoms with Crippen LogP contribution in [0.15, 0.2) is 18.2 Å². The molecule has 1 fully saturated rings. The summed E-state index contributed by atoms with van der Waals surface area (Å²) in [6.45, 7) is 0.0902. The number of ketones is 1. The number of hydrogen-bond acceptors (Lipinski definition) is 3. The van der Waals surface area contributed by atoms with E-state index in [0.29, 0.717) is 16.3 Å². The number of carbonyl (C=O) groups excluding carboxylic acids is 1. The van der Waals surface area contributed by atoms with Gasteiger partial charge in [0, 0.05) is 12.0 Å². The first-order valence-electron chi connectivity index (χ1n) is 5.06. The van der Waals surface area contributed by atoms with E-state index in [1.54, 1.807) is 18.2 Å². The molecule has 0 atom stereocenters. The molecule has 0 N–H and O–H groups in total. The van der Waals surface area contributed by atoms with Crippen molar-refractivity contribution < 1.29 is 9.53 Å². The minimum absolute atomic E-state index is 0.0902. The molecule has 0 spiro atoms. The Labute approximate surface area is 98.6 Å². The average Bonchev–Trinajstić information content (AvgIpc) is 3.10. The lowest BCUT2D eigenvalue weighted by Gasteiger charge is -2.05. The van der Waals surface area contributed by atoms with Crippen molar-refractivity contribution in [1.82, 2.24) is 0 Å². The average molecular weight is 236 g/mol. The van der Waals surface area contributed by atoms with Gasteiger partial charge in [0.1, 0.15) is 18.4 Å². The van der Waals surface area contributed by atoms with E-state index < -0.39 is 0 Å². The number of rotatable bonds is 4. The van der Waals surface area contributed by atoms with Crippen molar-refractivity contribution in [2.45, 2.75) is 12.8 Å². The second-order valence-corrected chi connectivity index (χ2v) is 4.19. The van der Waals surface area contributed by atoms with E-state index in [1.165, 1.54) is 0 Å². The van der Waals surface area contributed by atoms with E-state index in [-0.39, 0.29) is 18.3 Å². The van der Waals surface area contributed by atoms with Crippen molar-refractivity contribution in [3.05, 3.63) is 28.8 Å². The fraction of sp³-hybridized carbons (Fsp3) is 0.333. The van der Waals surface area contributed by atoms with Crippen LogP contribution in [-0.2, 0) is 4.79 Å². The molecule has 4 heteroatoms. The summed E-state index contributed by atoms with van der Waals surface area (Å²) < 4.78 is 5.31.